The average molecular weight is 673 g/mol. The Balaban J connectivity index is 1.08. The first-order chi connectivity index (χ1) is 25.4. The van der Waals surface area contributed by atoms with Gasteiger partial charge in [-0.2, -0.15) is 0 Å². The Hall–Kier alpha value is -6.65. The second-order valence-corrected chi connectivity index (χ2v) is 13.8. The number of furan rings is 1. The Morgan fingerprint density at radius 1 is 0.654 bits per heavy atom. The first-order valence-electron chi connectivity index (χ1n) is 17.5. The first kappa shape index (κ1) is 31.3. The fourth-order valence-corrected chi connectivity index (χ4v) is 7.34. The lowest BCUT2D eigenvalue weighted by Gasteiger charge is -2.28. The summed E-state index contributed by atoms with van der Waals surface area (Å²) in [4.78, 5) is 7.09. The second kappa shape index (κ2) is 12.6. The fraction of sp³-hybridized carbons (Fsp3) is 0.0625. The van der Waals surface area contributed by atoms with Crippen LogP contribution in [0.4, 0.5) is 17.1 Å². The van der Waals surface area contributed by atoms with Crippen LogP contribution in [0.2, 0.25) is 0 Å². The molecule has 0 fully saturated rings. The van der Waals surface area contributed by atoms with E-state index in [1.165, 1.54) is 22.3 Å². The highest BCUT2D eigenvalue weighted by Gasteiger charge is 2.35. The second-order valence-electron chi connectivity index (χ2n) is 13.8. The SMILES string of the molecule is C=C(/C=C\c1coc(-c2ccc(N(c3ccc4c(c3)C(C)(C)c3ccccc3-4)c3ccc4nc(-c5ccccc5)oc4c3)cc2)c1)c1ccccc1. The molecule has 2 aromatic heterocycles. The van der Waals surface area contributed by atoms with E-state index in [0.717, 1.165) is 61.7 Å². The molecule has 0 bridgehead atoms. The van der Waals surface area contributed by atoms with Crippen molar-refractivity contribution < 1.29 is 8.83 Å². The van der Waals surface area contributed by atoms with E-state index in [9.17, 15) is 0 Å². The van der Waals surface area contributed by atoms with E-state index in [1.54, 1.807) is 6.26 Å². The minimum atomic E-state index is -0.129. The van der Waals surface area contributed by atoms with E-state index in [2.05, 4.69) is 122 Å². The van der Waals surface area contributed by atoms with Crippen LogP contribution in [-0.2, 0) is 5.41 Å². The molecule has 0 atom stereocenters. The molecule has 0 spiro atoms. The first-order valence-corrected chi connectivity index (χ1v) is 17.5. The molecular weight excluding hydrogens is 637 g/mol. The quantitative estimate of drug-likeness (QED) is 0.151. The molecular formula is C48H36N2O2. The monoisotopic (exact) mass is 672 g/mol. The van der Waals surface area contributed by atoms with Crippen LogP contribution >= 0.6 is 0 Å². The number of oxazole rings is 1. The van der Waals surface area contributed by atoms with Crippen LogP contribution in [0.5, 0.6) is 0 Å². The molecule has 1 aliphatic rings. The van der Waals surface area contributed by atoms with Gasteiger partial charge in [-0.15, -0.1) is 0 Å². The molecule has 0 N–H and O–H groups in total. The molecule has 1 aliphatic carbocycles. The third-order valence-corrected chi connectivity index (χ3v) is 10.1. The molecule has 0 radical (unpaired) electrons. The third kappa shape index (κ3) is 5.55. The molecule has 0 saturated heterocycles. The van der Waals surface area contributed by atoms with Gasteiger partial charge in [-0.1, -0.05) is 111 Å². The van der Waals surface area contributed by atoms with Gasteiger partial charge in [-0.3, -0.25) is 0 Å². The Morgan fingerprint density at radius 2 is 1.33 bits per heavy atom. The van der Waals surface area contributed by atoms with Gasteiger partial charge in [0.1, 0.15) is 11.3 Å². The lowest BCUT2D eigenvalue weighted by Crippen LogP contribution is -2.16. The van der Waals surface area contributed by atoms with Crippen molar-refractivity contribution >= 4 is 39.8 Å². The fourth-order valence-electron chi connectivity index (χ4n) is 7.34. The van der Waals surface area contributed by atoms with Gasteiger partial charge in [-0.25, -0.2) is 4.98 Å². The molecule has 9 rings (SSSR count). The molecule has 4 heteroatoms. The van der Waals surface area contributed by atoms with Gasteiger partial charge in [0.2, 0.25) is 5.89 Å². The van der Waals surface area contributed by atoms with E-state index < -0.39 is 0 Å². The maximum atomic E-state index is 6.34. The maximum absolute atomic E-state index is 6.34. The molecule has 4 nitrogen and oxygen atoms in total. The number of allylic oxidation sites excluding steroid dienone is 2. The summed E-state index contributed by atoms with van der Waals surface area (Å²) in [6.45, 7) is 8.85. The highest BCUT2D eigenvalue weighted by atomic mass is 16.3. The summed E-state index contributed by atoms with van der Waals surface area (Å²) < 4.78 is 12.4. The lowest BCUT2D eigenvalue weighted by molar-refractivity contribution is 0.582. The van der Waals surface area contributed by atoms with Gasteiger partial charge >= 0.3 is 0 Å². The van der Waals surface area contributed by atoms with E-state index in [-0.39, 0.29) is 5.41 Å². The van der Waals surface area contributed by atoms with Crippen molar-refractivity contribution in [3.8, 4) is 33.9 Å². The molecule has 0 unspecified atom stereocenters. The van der Waals surface area contributed by atoms with Crippen molar-refractivity contribution in [3.63, 3.8) is 0 Å². The number of anilines is 3. The van der Waals surface area contributed by atoms with Gasteiger partial charge in [0, 0.05) is 45.2 Å². The highest BCUT2D eigenvalue weighted by Crippen LogP contribution is 2.50. The summed E-state index contributed by atoms with van der Waals surface area (Å²) in [5, 5.41) is 0. The van der Waals surface area contributed by atoms with Crippen LogP contribution in [0.1, 0.15) is 36.1 Å². The van der Waals surface area contributed by atoms with Crippen molar-refractivity contribution in [2.75, 3.05) is 4.90 Å². The van der Waals surface area contributed by atoms with Crippen molar-refractivity contribution in [1.82, 2.24) is 4.98 Å². The zero-order valence-electron chi connectivity index (χ0n) is 29.1. The normalized spacial score (nSPS) is 13.0. The lowest BCUT2D eigenvalue weighted by atomic mass is 9.82. The molecule has 0 saturated carbocycles. The zero-order chi connectivity index (χ0) is 35.2. The summed E-state index contributed by atoms with van der Waals surface area (Å²) in [6, 6.07) is 52.6. The van der Waals surface area contributed by atoms with Gasteiger partial charge in [0.05, 0.1) is 6.26 Å². The van der Waals surface area contributed by atoms with Gasteiger partial charge in [-0.05, 0) is 100 Å². The molecule has 0 aliphatic heterocycles. The van der Waals surface area contributed by atoms with Crippen molar-refractivity contribution in [3.05, 3.63) is 193 Å². The molecule has 2 heterocycles. The number of benzene rings is 6. The van der Waals surface area contributed by atoms with Crippen molar-refractivity contribution in [2.45, 2.75) is 19.3 Å². The zero-order valence-corrected chi connectivity index (χ0v) is 29.1. The predicted molar refractivity (Wildman–Crippen MR) is 214 cm³/mol. The van der Waals surface area contributed by atoms with Crippen LogP contribution < -0.4 is 4.90 Å². The van der Waals surface area contributed by atoms with Crippen molar-refractivity contribution in [2.24, 2.45) is 0 Å². The van der Waals surface area contributed by atoms with Gasteiger partial charge in [0.15, 0.2) is 5.58 Å². The Kier molecular flexibility index (Phi) is 7.59. The van der Waals surface area contributed by atoms with Gasteiger partial charge in [0.25, 0.3) is 0 Å². The Morgan fingerprint density at radius 3 is 2.13 bits per heavy atom. The van der Waals surface area contributed by atoms with Crippen molar-refractivity contribution in [1.29, 1.82) is 0 Å². The maximum Gasteiger partial charge on any atom is 0.227 e. The summed E-state index contributed by atoms with van der Waals surface area (Å²) in [5.74, 6) is 1.41. The third-order valence-electron chi connectivity index (χ3n) is 10.1. The summed E-state index contributed by atoms with van der Waals surface area (Å²) in [6.07, 6.45) is 5.84. The summed E-state index contributed by atoms with van der Waals surface area (Å²) >= 11 is 0. The molecule has 0 amide bonds. The number of hydrogen-bond donors (Lipinski definition) is 0. The number of hydrogen-bond acceptors (Lipinski definition) is 4. The van der Waals surface area contributed by atoms with E-state index in [1.807, 2.05) is 66.7 Å². The summed E-state index contributed by atoms with van der Waals surface area (Å²) in [7, 11) is 0. The van der Waals surface area contributed by atoms with Crippen LogP contribution in [-0.4, -0.2) is 4.98 Å². The van der Waals surface area contributed by atoms with E-state index in [4.69, 9.17) is 13.8 Å². The smallest absolute Gasteiger partial charge is 0.227 e. The number of rotatable bonds is 8. The largest absolute Gasteiger partial charge is 0.464 e. The highest BCUT2D eigenvalue weighted by molar-refractivity contribution is 5.89. The van der Waals surface area contributed by atoms with E-state index >= 15 is 0 Å². The Bertz CT molecular complexity index is 2610. The standard InChI is InChI=1S/C48H36N2O2/c1-32(34-12-6-4-7-13-34)18-19-33-28-45(51-31-33)35-20-22-37(23-21-35)50(38-24-26-41-40-16-10-11-17-42(40)48(2,3)43(41)29-38)39-25-27-44-46(30-39)52-47(49-44)36-14-8-5-9-15-36/h4-31H,1H2,2-3H3/b19-18-. The van der Waals surface area contributed by atoms with Crippen LogP contribution in [0.3, 0.4) is 0 Å². The molecule has 52 heavy (non-hydrogen) atoms. The van der Waals surface area contributed by atoms with Crippen LogP contribution in [0.15, 0.2) is 179 Å². The summed E-state index contributed by atoms with van der Waals surface area (Å²) in [5.41, 5.74) is 14.7. The molecule has 250 valence electrons. The minimum absolute atomic E-state index is 0.129. The Labute approximate surface area is 303 Å². The van der Waals surface area contributed by atoms with Crippen LogP contribution in [0, 0.1) is 0 Å². The average Bonchev–Trinajstić information content (AvgIpc) is 3.90. The number of nitrogens with zero attached hydrogens (tertiary/aromatic N) is 2. The molecule has 8 aromatic rings. The topological polar surface area (TPSA) is 42.4 Å². The number of fused-ring (bicyclic) bond motifs is 4. The number of aromatic nitrogens is 1. The molecule has 6 aromatic carbocycles. The minimum Gasteiger partial charge on any atom is -0.464 e. The van der Waals surface area contributed by atoms with Gasteiger partial charge < -0.3 is 13.7 Å². The van der Waals surface area contributed by atoms with E-state index in [0.29, 0.717) is 5.89 Å². The predicted octanol–water partition coefficient (Wildman–Crippen LogP) is 13.3. The van der Waals surface area contributed by atoms with Crippen LogP contribution in [0.25, 0.3) is 56.7 Å².